The smallest absolute Gasteiger partial charge is 0.338 e. The molecule has 0 unspecified atom stereocenters. The predicted octanol–water partition coefficient (Wildman–Crippen LogP) is 3.95. The molecule has 0 spiro atoms. The Hall–Kier alpha value is -2.34. The molecule has 2 aromatic carbocycles. The van der Waals surface area contributed by atoms with Crippen molar-refractivity contribution >= 4 is 27.9 Å². The molecule has 0 radical (unpaired) electrons. The van der Waals surface area contributed by atoms with E-state index in [0.29, 0.717) is 28.0 Å². The fourth-order valence-electron chi connectivity index (χ4n) is 1.99. The van der Waals surface area contributed by atoms with Gasteiger partial charge in [-0.15, -0.1) is 0 Å². The number of hydrogen-bond acceptors (Lipinski definition) is 5. The van der Waals surface area contributed by atoms with Gasteiger partial charge in [0, 0.05) is 5.33 Å². The van der Waals surface area contributed by atoms with E-state index in [0.717, 1.165) is 5.56 Å². The molecule has 0 aliphatic carbocycles. The van der Waals surface area contributed by atoms with E-state index in [9.17, 15) is 9.59 Å². The number of alkyl halides is 1. The second-order valence-corrected chi connectivity index (χ2v) is 5.13. The number of esters is 2. The normalized spacial score (nSPS) is 10.0. The lowest BCUT2D eigenvalue weighted by Gasteiger charge is -2.10. The van der Waals surface area contributed by atoms with Gasteiger partial charge in [0.1, 0.15) is 11.5 Å². The van der Waals surface area contributed by atoms with Crippen molar-refractivity contribution in [1.82, 2.24) is 0 Å². The average molecular weight is 379 g/mol. The van der Waals surface area contributed by atoms with Crippen molar-refractivity contribution in [3.05, 3.63) is 59.2 Å². The van der Waals surface area contributed by atoms with Crippen LogP contribution in [-0.4, -0.2) is 26.2 Å². The van der Waals surface area contributed by atoms with Gasteiger partial charge in [-0.1, -0.05) is 22.0 Å². The monoisotopic (exact) mass is 378 g/mol. The Morgan fingerprint density at radius 2 is 1.65 bits per heavy atom. The Balaban J connectivity index is 2.27. The maximum absolute atomic E-state index is 11.7. The Morgan fingerprint density at radius 3 is 2.30 bits per heavy atom. The van der Waals surface area contributed by atoms with E-state index >= 15 is 0 Å². The van der Waals surface area contributed by atoms with Crippen LogP contribution in [0.15, 0.2) is 42.5 Å². The van der Waals surface area contributed by atoms with Gasteiger partial charge in [-0.05, 0) is 42.0 Å². The highest BCUT2D eigenvalue weighted by Gasteiger charge is 2.13. The summed E-state index contributed by atoms with van der Waals surface area (Å²) in [7, 11) is 2.66. The minimum absolute atomic E-state index is 0.400. The zero-order chi connectivity index (χ0) is 16.8. The Labute approximate surface area is 142 Å². The number of methoxy groups -OCH3 is 2. The number of benzene rings is 2. The van der Waals surface area contributed by atoms with Gasteiger partial charge in [-0.2, -0.15) is 0 Å². The summed E-state index contributed by atoms with van der Waals surface area (Å²) in [6.07, 6.45) is 0. The second kappa shape index (κ2) is 7.78. The minimum atomic E-state index is -0.433. The molecule has 0 bridgehead atoms. The Morgan fingerprint density at radius 1 is 0.957 bits per heavy atom. The molecule has 5 nitrogen and oxygen atoms in total. The summed E-state index contributed by atoms with van der Waals surface area (Å²) < 4.78 is 15.2. The van der Waals surface area contributed by atoms with Gasteiger partial charge in [-0.3, -0.25) is 0 Å². The van der Waals surface area contributed by atoms with Gasteiger partial charge in [0.15, 0.2) is 0 Å². The van der Waals surface area contributed by atoms with E-state index in [1.54, 1.807) is 42.5 Å². The molecule has 0 saturated heterocycles. The topological polar surface area (TPSA) is 61.8 Å². The van der Waals surface area contributed by atoms with Crippen LogP contribution in [0.3, 0.4) is 0 Å². The van der Waals surface area contributed by atoms with Crippen LogP contribution in [0.1, 0.15) is 26.3 Å². The largest absolute Gasteiger partial charge is 0.465 e. The maximum Gasteiger partial charge on any atom is 0.338 e. The molecule has 120 valence electrons. The van der Waals surface area contributed by atoms with Crippen LogP contribution < -0.4 is 4.74 Å². The molecule has 0 aliphatic rings. The molecule has 2 rings (SSSR count). The fraction of sp³-hybridized carbons (Fsp3) is 0.176. The van der Waals surface area contributed by atoms with Crippen LogP contribution in [0.5, 0.6) is 11.5 Å². The number of carbonyl (C=O) groups excluding carboxylic acids is 2. The van der Waals surface area contributed by atoms with Gasteiger partial charge in [0.25, 0.3) is 0 Å². The SMILES string of the molecule is COC(=O)c1cccc(Oc2ccc(C(=O)OC)c(CBr)c2)c1. The third kappa shape index (κ3) is 4.10. The Kier molecular flexibility index (Phi) is 5.76. The summed E-state index contributed by atoms with van der Waals surface area (Å²) in [4.78, 5) is 23.2. The van der Waals surface area contributed by atoms with Crippen LogP contribution in [0.4, 0.5) is 0 Å². The second-order valence-electron chi connectivity index (χ2n) is 4.57. The van der Waals surface area contributed by atoms with Crippen LogP contribution in [0, 0.1) is 0 Å². The van der Waals surface area contributed by atoms with Crippen molar-refractivity contribution in [1.29, 1.82) is 0 Å². The molecule has 0 aromatic heterocycles. The van der Waals surface area contributed by atoms with Gasteiger partial charge in [0.05, 0.1) is 25.3 Å². The highest BCUT2D eigenvalue weighted by Crippen LogP contribution is 2.26. The first-order chi connectivity index (χ1) is 11.1. The number of hydrogen-bond donors (Lipinski definition) is 0. The van der Waals surface area contributed by atoms with Crippen molar-refractivity contribution in [2.75, 3.05) is 14.2 Å². The summed E-state index contributed by atoms with van der Waals surface area (Å²) in [5, 5.41) is 0.483. The molecule has 23 heavy (non-hydrogen) atoms. The van der Waals surface area contributed by atoms with Crippen molar-refractivity contribution in [3.8, 4) is 11.5 Å². The molecular formula is C17H15BrO5. The van der Waals surface area contributed by atoms with Crippen LogP contribution in [-0.2, 0) is 14.8 Å². The van der Waals surface area contributed by atoms with Crippen molar-refractivity contribution in [2.24, 2.45) is 0 Å². The van der Waals surface area contributed by atoms with Crippen LogP contribution in [0.25, 0.3) is 0 Å². The molecule has 0 heterocycles. The zero-order valence-corrected chi connectivity index (χ0v) is 14.3. The summed E-state index contributed by atoms with van der Waals surface area (Å²) in [6, 6.07) is 11.7. The number of ether oxygens (including phenoxy) is 3. The molecule has 6 heteroatoms. The zero-order valence-electron chi connectivity index (χ0n) is 12.7. The van der Waals surface area contributed by atoms with E-state index in [1.807, 2.05) is 0 Å². The van der Waals surface area contributed by atoms with E-state index in [-0.39, 0.29) is 0 Å². The summed E-state index contributed by atoms with van der Waals surface area (Å²) in [6.45, 7) is 0. The van der Waals surface area contributed by atoms with Crippen LogP contribution >= 0.6 is 15.9 Å². The summed E-state index contributed by atoms with van der Waals surface area (Å²) in [5.74, 6) is 0.213. The van der Waals surface area contributed by atoms with Crippen molar-refractivity contribution < 1.29 is 23.8 Å². The molecule has 0 N–H and O–H groups in total. The number of halogens is 1. The number of carbonyl (C=O) groups is 2. The molecule has 2 aromatic rings. The third-order valence-electron chi connectivity index (χ3n) is 3.12. The average Bonchev–Trinajstić information content (AvgIpc) is 2.60. The fourth-order valence-corrected chi connectivity index (χ4v) is 2.46. The summed E-state index contributed by atoms with van der Waals surface area (Å²) in [5.41, 5.74) is 1.62. The van der Waals surface area contributed by atoms with Crippen LogP contribution in [0.2, 0.25) is 0 Å². The predicted molar refractivity (Wildman–Crippen MR) is 88.3 cm³/mol. The van der Waals surface area contributed by atoms with E-state index in [4.69, 9.17) is 9.47 Å². The lowest BCUT2D eigenvalue weighted by atomic mass is 10.1. The van der Waals surface area contributed by atoms with E-state index in [2.05, 4.69) is 20.7 Å². The standard InChI is InChI=1S/C17H15BrO5/c1-21-16(19)11-4-3-5-13(8-11)23-14-6-7-15(17(20)22-2)12(9-14)10-18/h3-9H,10H2,1-2H3. The summed E-state index contributed by atoms with van der Waals surface area (Å²) >= 11 is 3.34. The molecule has 0 atom stereocenters. The third-order valence-corrected chi connectivity index (χ3v) is 3.72. The van der Waals surface area contributed by atoms with Gasteiger partial charge in [-0.25, -0.2) is 9.59 Å². The molecular weight excluding hydrogens is 364 g/mol. The molecule has 0 amide bonds. The highest BCUT2D eigenvalue weighted by molar-refractivity contribution is 9.08. The van der Waals surface area contributed by atoms with Gasteiger partial charge < -0.3 is 14.2 Å². The maximum atomic E-state index is 11.7. The lowest BCUT2D eigenvalue weighted by molar-refractivity contribution is 0.0591. The molecule has 0 fully saturated rings. The first kappa shape index (κ1) is 17.0. The lowest BCUT2D eigenvalue weighted by Crippen LogP contribution is -2.05. The molecule has 0 saturated carbocycles. The van der Waals surface area contributed by atoms with Gasteiger partial charge >= 0.3 is 11.9 Å². The van der Waals surface area contributed by atoms with Crippen molar-refractivity contribution in [2.45, 2.75) is 5.33 Å². The quantitative estimate of drug-likeness (QED) is 0.582. The first-order valence-electron chi connectivity index (χ1n) is 6.72. The van der Waals surface area contributed by atoms with Crippen molar-refractivity contribution in [3.63, 3.8) is 0 Å². The van der Waals surface area contributed by atoms with E-state index in [1.165, 1.54) is 14.2 Å². The Bertz CT molecular complexity index is 727. The highest BCUT2D eigenvalue weighted by atomic mass is 79.9. The number of rotatable bonds is 5. The van der Waals surface area contributed by atoms with E-state index < -0.39 is 11.9 Å². The molecule has 0 aliphatic heterocycles. The first-order valence-corrected chi connectivity index (χ1v) is 7.84. The van der Waals surface area contributed by atoms with Gasteiger partial charge in [0.2, 0.25) is 0 Å². The minimum Gasteiger partial charge on any atom is -0.465 e.